The molecule has 0 unspecified atom stereocenters. The molecular formula is C14H25N3. The third kappa shape index (κ3) is 3.84. The SMILES string of the molecule is CC(C)NCCCc1cnn(C2CCCC2)c1. The smallest absolute Gasteiger partial charge is 0.0521 e. The van der Waals surface area contributed by atoms with E-state index in [0.29, 0.717) is 12.1 Å². The summed E-state index contributed by atoms with van der Waals surface area (Å²) < 4.78 is 2.19. The molecule has 1 aromatic rings. The predicted octanol–water partition coefficient (Wildman–Crippen LogP) is 2.93. The van der Waals surface area contributed by atoms with Crippen molar-refractivity contribution < 1.29 is 0 Å². The van der Waals surface area contributed by atoms with Crippen molar-refractivity contribution in [3.63, 3.8) is 0 Å². The lowest BCUT2D eigenvalue weighted by Gasteiger charge is -2.08. The Balaban J connectivity index is 1.74. The Morgan fingerprint density at radius 2 is 2.18 bits per heavy atom. The van der Waals surface area contributed by atoms with Crippen LogP contribution in [0.1, 0.15) is 57.6 Å². The molecule has 17 heavy (non-hydrogen) atoms. The van der Waals surface area contributed by atoms with Crippen molar-refractivity contribution >= 4 is 0 Å². The number of aryl methyl sites for hydroxylation is 1. The van der Waals surface area contributed by atoms with E-state index in [1.165, 1.54) is 37.7 Å². The number of nitrogens with zero attached hydrogens (tertiary/aromatic N) is 2. The zero-order valence-electron chi connectivity index (χ0n) is 11.2. The first-order valence-electron chi connectivity index (χ1n) is 7.02. The number of hydrogen-bond donors (Lipinski definition) is 1. The number of aromatic nitrogens is 2. The molecule has 1 heterocycles. The second kappa shape index (κ2) is 6.20. The molecule has 1 N–H and O–H groups in total. The molecule has 0 atom stereocenters. The molecule has 0 radical (unpaired) electrons. The van der Waals surface area contributed by atoms with E-state index in [1.807, 2.05) is 6.20 Å². The van der Waals surface area contributed by atoms with Crippen LogP contribution >= 0.6 is 0 Å². The van der Waals surface area contributed by atoms with Crippen molar-refractivity contribution in [1.29, 1.82) is 0 Å². The topological polar surface area (TPSA) is 29.9 Å². The Labute approximate surface area is 105 Å². The third-order valence-electron chi connectivity index (χ3n) is 3.55. The average molecular weight is 235 g/mol. The highest BCUT2D eigenvalue weighted by atomic mass is 15.3. The van der Waals surface area contributed by atoms with Gasteiger partial charge >= 0.3 is 0 Å². The molecule has 0 aliphatic heterocycles. The maximum atomic E-state index is 4.51. The van der Waals surface area contributed by atoms with Crippen LogP contribution in [0.25, 0.3) is 0 Å². The van der Waals surface area contributed by atoms with Gasteiger partial charge in [-0.2, -0.15) is 5.10 Å². The van der Waals surface area contributed by atoms with Gasteiger partial charge in [-0.3, -0.25) is 4.68 Å². The van der Waals surface area contributed by atoms with Crippen LogP contribution in [0.2, 0.25) is 0 Å². The van der Waals surface area contributed by atoms with Gasteiger partial charge in [0, 0.05) is 12.2 Å². The molecule has 3 nitrogen and oxygen atoms in total. The zero-order chi connectivity index (χ0) is 12.1. The molecule has 1 aromatic heterocycles. The van der Waals surface area contributed by atoms with Crippen molar-refractivity contribution in [1.82, 2.24) is 15.1 Å². The fourth-order valence-corrected chi connectivity index (χ4v) is 2.56. The lowest BCUT2D eigenvalue weighted by molar-refractivity contribution is 0.466. The zero-order valence-corrected chi connectivity index (χ0v) is 11.2. The van der Waals surface area contributed by atoms with Crippen LogP contribution in [-0.2, 0) is 6.42 Å². The minimum atomic E-state index is 0.594. The molecule has 1 aliphatic carbocycles. The van der Waals surface area contributed by atoms with Gasteiger partial charge in [-0.05, 0) is 37.8 Å². The second-order valence-corrected chi connectivity index (χ2v) is 5.48. The van der Waals surface area contributed by atoms with Crippen molar-refractivity contribution in [3.8, 4) is 0 Å². The van der Waals surface area contributed by atoms with E-state index >= 15 is 0 Å². The Bertz CT molecular complexity index is 324. The van der Waals surface area contributed by atoms with Gasteiger partial charge in [0.25, 0.3) is 0 Å². The molecule has 0 spiro atoms. The van der Waals surface area contributed by atoms with Gasteiger partial charge in [0.05, 0.1) is 12.2 Å². The molecule has 0 amide bonds. The first kappa shape index (κ1) is 12.6. The van der Waals surface area contributed by atoms with E-state index in [0.717, 1.165) is 13.0 Å². The van der Waals surface area contributed by atoms with E-state index in [1.54, 1.807) is 0 Å². The van der Waals surface area contributed by atoms with Crippen LogP contribution < -0.4 is 5.32 Å². The molecule has 1 saturated carbocycles. The van der Waals surface area contributed by atoms with Gasteiger partial charge < -0.3 is 5.32 Å². The largest absolute Gasteiger partial charge is 0.315 e. The van der Waals surface area contributed by atoms with E-state index in [-0.39, 0.29) is 0 Å². The number of nitrogens with one attached hydrogen (secondary N) is 1. The Morgan fingerprint density at radius 3 is 2.88 bits per heavy atom. The van der Waals surface area contributed by atoms with Gasteiger partial charge in [0.1, 0.15) is 0 Å². The normalized spacial score (nSPS) is 17.1. The van der Waals surface area contributed by atoms with E-state index in [9.17, 15) is 0 Å². The lowest BCUT2D eigenvalue weighted by atomic mass is 10.2. The van der Waals surface area contributed by atoms with Crippen molar-refractivity contribution in [2.45, 2.75) is 64.5 Å². The maximum Gasteiger partial charge on any atom is 0.0521 e. The summed E-state index contributed by atoms with van der Waals surface area (Å²) in [5, 5.41) is 7.96. The van der Waals surface area contributed by atoms with Crippen LogP contribution in [0.4, 0.5) is 0 Å². The maximum absolute atomic E-state index is 4.51. The summed E-state index contributed by atoms with van der Waals surface area (Å²) in [5.74, 6) is 0. The Kier molecular flexibility index (Phi) is 4.60. The van der Waals surface area contributed by atoms with Crippen molar-refractivity contribution in [3.05, 3.63) is 18.0 Å². The predicted molar refractivity (Wildman–Crippen MR) is 71.2 cm³/mol. The molecular weight excluding hydrogens is 210 g/mol. The van der Waals surface area contributed by atoms with Gasteiger partial charge in [-0.25, -0.2) is 0 Å². The van der Waals surface area contributed by atoms with Gasteiger partial charge in [0.2, 0.25) is 0 Å². The monoisotopic (exact) mass is 235 g/mol. The summed E-state index contributed by atoms with van der Waals surface area (Å²) in [6.45, 7) is 5.49. The van der Waals surface area contributed by atoms with Crippen molar-refractivity contribution in [2.75, 3.05) is 6.54 Å². The second-order valence-electron chi connectivity index (χ2n) is 5.48. The third-order valence-corrected chi connectivity index (χ3v) is 3.55. The molecule has 1 aliphatic rings. The summed E-state index contributed by atoms with van der Waals surface area (Å²) >= 11 is 0. The number of rotatable bonds is 6. The Hall–Kier alpha value is -0.830. The van der Waals surface area contributed by atoms with Crippen LogP contribution in [0.15, 0.2) is 12.4 Å². The molecule has 1 fully saturated rings. The summed E-state index contributed by atoms with van der Waals surface area (Å²) in [6, 6.07) is 1.27. The average Bonchev–Trinajstić information content (AvgIpc) is 2.94. The van der Waals surface area contributed by atoms with E-state index in [4.69, 9.17) is 0 Å². The Morgan fingerprint density at radius 1 is 1.41 bits per heavy atom. The highest BCUT2D eigenvalue weighted by molar-refractivity contribution is 5.05. The standard InChI is InChI=1S/C14H25N3/c1-12(2)15-9-5-6-13-10-16-17(11-13)14-7-3-4-8-14/h10-12,14-15H,3-9H2,1-2H3. The van der Waals surface area contributed by atoms with Gasteiger partial charge in [-0.15, -0.1) is 0 Å². The van der Waals surface area contributed by atoms with Gasteiger partial charge in [0.15, 0.2) is 0 Å². The minimum absolute atomic E-state index is 0.594. The summed E-state index contributed by atoms with van der Waals surface area (Å²) in [6.07, 6.45) is 12.0. The van der Waals surface area contributed by atoms with E-state index in [2.05, 4.69) is 35.1 Å². The van der Waals surface area contributed by atoms with Crippen LogP contribution in [-0.4, -0.2) is 22.4 Å². The molecule has 0 bridgehead atoms. The first-order chi connectivity index (χ1) is 8.25. The van der Waals surface area contributed by atoms with Gasteiger partial charge in [-0.1, -0.05) is 26.7 Å². The molecule has 2 rings (SSSR count). The molecule has 96 valence electrons. The minimum Gasteiger partial charge on any atom is -0.315 e. The fraction of sp³-hybridized carbons (Fsp3) is 0.786. The van der Waals surface area contributed by atoms with E-state index < -0.39 is 0 Å². The first-order valence-corrected chi connectivity index (χ1v) is 7.02. The molecule has 0 saturated heterocycles. The highest BCUT2D eigenvalue weighted by Crippen LogP contribution is 2.28. The summed E-state index contributed by atoms with van der Waals surface area (Å²) in [4.78, 5) is 0. The molecule has 0 aromatic carbocycles. The summed E-state index contributed by atoms with van der Waals surface area (Å²) in [7, 11) is 0. The van der Waals surface area contributed by atoms with Crippen LogP contribution in [0.3, 0.4) is 0 Å². The lowest BCUT2D eigenvalue weighted by Crippen LogP contribution is -2.23. The highest BCUT2D eigenvalue weighted by Gasteiger charge is 2.17. The quantitative estimate of drug-likeness (QED) is 0.768. The van der Waals surface area contributed by atoms with Crippen molar-refractivity contribution in [2.24, 2.45) is 0 Å². The molecule has 3 heteroatoms. The number of hydrogen-bond acceptors (Lipinski definition) is 2. The fourth-order valence-electron chi connectivity index (χ4n) is 2.56. The van der Waals surface area contributed by atoms with Crippen LogP contribution in [0, 0.1) is 0 Å². The summed E-state index contributed by atoms with van der Waals surface area (Å²) in [5.41, 5.74) is 1.39. The van der Waals surface area contributed by atoms with Crippen LogP contribution in [0.5, 0.6) is 0 Å².